The van der Waals surface area contributed by atoms with Gasteiger partial charge in [0, 0.05) is 11.7 Å². The van der Waals surface area contributed by atoms with Gasteiger partial charge in [0.2, 0.25) is 5.90 Å². The summed E-state index contributed by atoms with van der Waals surface area (Å²) < 4.78 is 5.88. The highest BCUT2D eigenvalue weighted by Crippen LogP contribution is 2.35. The second-order valence-electron chi connectivity index (χ2n) is 6.05. The molecule has 3 aromatic carbocycles. The van der Waals surface area contributed by atoms with E-state index < -0.39 is 7.92 Å². The van der Waals surface area contributed by atoms with Crippen molar-refractivity contribution in [3.63, 3.8) is 0 Å². The molecule has 0 unspecified atom stereocenters. The lowest BCUT2D eigenvalue weighted by molar-refractivity contribution is 0.325. The molecule has 1 atom stereocenters. The SMILES string of the molecule is c1ccc(C2=N[C@H](CP(c3ccccc3)c3ccccc3)CO2)cc1. The van der Waals surface area contributed by atoms with Gasteiger partial charge in [0.15, 0.2) is 0 Å². The summed E-state index contributed by atoms with van der Waals surface area (Å²) in [6.45, 7) is 0.669. The molecule has 0 saturated heterocycles. The van der Waals surface area contributed by atoms with E-state index in [0.717, 1.165) is 17.6 Å². The maximum atomic E-state index is 5.88. The number of benzene rings is 3. The van der Waals surface area contributed by atoms with Crippen molar-refractivity contribution in [1.82, 2.24) is 0 Å². The van der Waals surface area contributed by atoms with Gasteiger partial charge in [-0.15, -0.1) is 0 Å². The summed E-state index contributed by atoms with van der Waals surface area (Å²) in [6, 6.07) is 31.9. The minimum atomic E-state index is -0.437. The first-order valence-electron chi connectivity index (χ1n) is 8.54. The van der Waals surface area contributed by atoms with Gasteiger partial charge in [-0.1, -0.05) is 78.9 Å². The molecule has 1 aliphatic rings. The quantitative estimate of drug-likeness (QED) is 0.641. The van der Waals surface area contributed by atoms with Gasteiger partial charge in [-0.25, -0.2) is 4.99 Å². The van der Waals surface area contributed by atoms with E-state index in [9.17, 15) is 0 Å². The molecule has 0 N–H and O–H groups in total. The van der Waals surface area contributed by atoms with Crippen LogP contribution in [0.2, 0.25) is 0 Å². The Morgan fingerprint density at radius 3 is 1.84 bits per heavy atom. The third-order valence-electron chi connectivity index (χ3n) is 4.26. The number of nitrogens with zero attached hydrogens (tertiary/aromatic N) is 1. The fourth-order valence-corrected chi connectivity index (χ4v) is 5.43. The van der Waals surface area contributed by atoms with E-state index in [1.807, 2.05) is 18.2 Å². The van der Waals surface area contributed by atoms with Gasteiger partial charge in [0.05, 0.1) is 6.04 Å². The number of hydrogen-bond donors (Lipinski definition) is 0. The number of hydrogen-bond acceptors (Lipinski definition) is 2. The van der Waals surface area contributed by atoms with Crippen LogP contribution in [0.15, 0.2) is 96.0 Å². The summed E-state index contributed by atoms with van der Waals surface area (Å²) in [5.41, 5.74) is 1.06. The molecule has 1 heterocycles. The van der Waals surface area contributed by atoms with Crippen molar-refractivity contribution in [3.8, 4) is 0 Å². The Morgan fingerprint density at radius 1 is 0.760 bits per heavy atom. The average molecular weight is 345 g/mol. The van der Waals surface area contributed by atoms with E-state index in [0.29, 0.717) is 6.61 Å². The van der Waals surface area contributed by atoms with Crippen LogP contribution in [0.4, 0.5) is 0 Å². The largest absolute Gasteiger partial charge is 0.475 e. The normalized spacial score (nSPS) is 16.5. The monoisotopic (exact) mass is 345 g/mol. The predicted octanol–water partition coefficient (Wildman–Crippen LogP) is 3.96. The molecular weight excluding hydrogens is 325 g/mol. The van der Waals surface area contributed by atoms with Gasteiger partial charge in [-0.05, 0) is 30.7 Å². The first-order valence-corrected chi connectivity index (χ1v) is 10.1. The van der Waals surface area contributed by atoms with Crippen LogP contribution in [-0.2, 0) is 4.74 Å². The number of aliphatic imine (C=N–C) groups is 1. The molecule has 2 nitrogen and oxygen atoms in total. The van der Waals surface area contributed by atoms with Crippen molar-refractivity contribution < 1.29 is 4.74 Å². The first-order chi connectivity index (χ1) is 12.4. The van der Waals surface area contributed by atoms with Crippen molar-refractivity contribution in [3.05, 3.63) is 96.6 Å². The lowest BCUT2D eigenvalue weighted by Gasteiger charge is -2.20. The fraction of sp³-hybridized carbons (Fsp3) is 0.136. The lowest BCUT2D eigenvalue weighted by Crippen LogP contribution is -2.21. The van der Waals surface area contributed by atoms with Gasteiger partial charge in [-0.2, -0.15) is 0 Å². The van der Waals surface area contributed by atoms with E-state index in [4.69, 9.17) is 9.73 Å². The second-order valence-corrected chi connectivity index (χ2v) is 8.30. The van der Waals surface area contributed by atoms with Gasteiger partial charge < -0.3 is 4.74 Å². The molecule has 124 valence electrons. The number of rotatable bonds is 5. The van der Waals surface area contributed by atoms with Crippen molar-refractivity contribution in [2.45, 2.75) is 6.04 Å². The van der Waals surface area contributed by atoms with E-state index in [1.165, 1.54) is 10.6 Å². The highest BCUT2D eigenvalue weighted by Gasteiger charge is 2.25. The Morgan fingerprint density at radius 2 is 1.28 bits per heavy atom. The Labute approximate surface area is 150 Å². The molecule has 0 aromatic heterocycles. The van der Waals surface area contributed by atoms with Crippen LogP contribution in [0, 0.1) is 0 Å². The van der Waals surface area contributed by atoms with E-state index in [-0.39, 0.29) is 6.04 Å². The summed E-state index contributed by atoms with van der Waals surface area (Å²) in [4.78, 5) is 4.86. The van der Waals surface area contributed by atoms with Crippen LogP contribution in [0.1, 0.15) is 5.56 Å². The average Bonchev–Trinajstić information content (AvgIpc) is 3.17. The maximum Gasteiger partial charge on any atom is 0.216 e. The zero-order valence-corrected chi connectivity index (χ0v) is 14.8. The van der Waals surface area contributed by atoms with Crippen LogP contribution in [0.5, 0.6) is 0 Å². The molecule has 0 saturated carbocycles. The third-order valence-corrected chi connectivity index (χ3v) is 6.89. The van der Waals surface area contributed by atoms with Crippen LogP contribution in [0.25, 0.3) is 0 Å². The summed E-state index contributed by atoms with van der Waals surface area (Å²) in [5.74, 6) is 0.779. The Kier molecular flexibility index (Phi) is 4.90. The third kappa shape index (κ3) is 3.81. The lowest BCUT2D eigenvalue weighted by atomic mass is 10.2. The zero-order chi connectivity index (χ0) is 16.9. The molecule has 3 aromatic rings. The van der Waals surface area contributed by atoms with Crippen molar-refractivity contribution in [2.24, 2.45) is 4.99 Å². The van der Waals surface area contributed by atoms with Crippen LogP contribution in [-0.4, -0.2) is 24.7 Å². The molecule has 0 radical (unpaired) electrons. The minimum Gasteiger partial charge on any atom is -0.475 e. The minimum absolute atomic E-state index is 0.210. The highest BCUT2D eigenvalue weighted by molar-refractivity contribution is 7.73. The molecule has 0 fully saturated rings. The van der Waals surface area contributed by atoms with E-state index in [1.54, 1.807) is 0 Å². The van der Waals surface area contributed by atoms with Crippen molar-refractivity contribution in [1.29, 1.82) is 0 Å². The summed E-state index contributed by atoms with van der Waals surface area (Å²) in [6.07, 6.45) is 1.01. The Hall–Kier alpha value is -2.44. The summed E-state index contributed by atoms with van der Waals surface area (Å²) >= 11 is 0. The number of ether oxygens (including phenoxy) is 1. The van der Waals surface area contributed by atoms with Gasteiger partial charge in [0.1, 0.15) is 6.61 Å². The van der Waals surface area contributed by atoms with Crippen LogP contribution >= 0.6 is 7.92 Å². The van der Waals surface area contributed by atoms with E-state index >= 15 is 0 Å². The zero-order valence-electron chi connectivity index (χ0n) is 14.0. The molecule has 1 aliphatic heterocycles. The molecule has 0 spiro atoms. The molecule has 0 aliphatic carbocycles. The predicted molar refractivity (Wildman–Crippen MR) is 107 cm³/mol. The van der Waals surface area contributed by atoms with Gasteiger partial charge >= 0.3 is 0 Å². The molecule has 25 heavy (non-hydrogen) atoms. The standard InChI is InChI=1S/C22H20NOP/c1-4-10-18(11-5-1)22-23-19(16-24-22)17-25(20-12-6-2-7-13-20)21-14-8-3-9-15-21/h1-15,19H,16-17H2/t19-/m0/s1. The topological polar surface area (TPSA) is 21.6 Å². The molecular formula is C22H20NOP. The molecule has 0 bridgehead atoms. The van der Waals surface area contributed by atoms with E-state index in [2.05, 4.69) is 72.8 Å². The summed E-state index contributed by atoms with van der Waals surface area (Å²) in [5, 5.41) is 2.79. The fourth-order valence-electron chi connectivity index (χ4n) is 3.03. The Balaban J connectivity index is 1.59. The molecule has 0 amide bonds. The smallest absolute Gasteiger partial charge is 0.216 e. The molecule has 4 rings (SSSR count). The Bertz CT molecular complexity index is 794. The van der Waals surface area contributed by atoms with Crippen LogP contribution < -0.4 is 10.6 Å². The molecule has 3 heteroatoms. The van der Waals surface area contributed by atoms with Crippen molar-refractivity contribution >= 4 is 24.4 Å². The van der Waals surface area contributed by atoms with Gasteiger partial charge in [-0.3, -0.25) is 0 Å². The highest BCUT2D eigenvalue weighted by atomic mass is 31.1. The maximum absolute atomic E-state index is 5.88. The summed E-state index contributed by atoms with van der Waals surface area (Å²) in [7, 11) is -0.437. The van der Waals surface area contributed by atoms with Crippen molar-refractivity contribution in [2.75, 3.05) is 12.8 Å². The first kappa shape index (κ1) is 16.1. The van der Waals surface area contributed by atoms with Crippen LogP contribution in [0.3, 0.4) is 0 Å². The van der Waals surface area contributed by atoms with Gasteiger partial charge in [0.25, 0.3) is 0 Å². The second kappa shape index (κ2) is 7.63.